The molecule has 12 heteroatoms. The van der Waals surface area contributed by atoms with E-state index in [1.54, 1.807) is 18.3 Å². The van der Waals surface area contributed by atoms with Gasteiger partial charge in [0.2, 0.25) is 5.91 Å². The number of amides is 2. The molecule has 48 heavy (non-hydrogen) atoms. The van der Waals surface area contributed by atoms with Crippen LogP contribution in [0.3, 0.4) is 0 Å². The molecule has 2 amide bonds. The molecule has 0 unspecified atom stereocenters. The molecule has 6 rings (SSSR count). The van der Waals surface area contributed by atoms with Crippen molar-refractivity contribution in [1.82, 2.24) is 14.8 Å². The second-order valence-electron chi connectivity index (χ2n) is 13.2. The standard InChI is InChI=1S/C36H42Cl2N4O6/c1-3-26-19-41(17-21(2)48-26)24-14-25(20-47-27-10-8-22(9-11-27)36(45)46)42(18-24)34(43)13-23-12-31(38)33(15-30(23)37)40-35(44)29-16-39-32-7-5-4-6-28(29)32/h3-7,12,15-16,21-22,24-27,39H,1,8-11,13-14,17-20H2,2H3,(H,40,44)(H,45,46)/t21-,22?,24+,25+,26+,27?/m1/s1. The summed E-state index contributed by atoms with van der Waals surface area (Å²) < 4.78 is 12.3. The molecule has 2 aromatic carbocycles. The van der Waals surface area contributed by atoms with Crippen LogP contribution < -0.4 is 5.32 Å². The number of likely N-dealkylation sites (tertiary alicyclic amines) is 1. The number of anilines is 1. The fourth-order valence-corrected chi connectivity index (χ4v) is 7.79. The molecule has 10 nitrogen and oxygen atoms in total. The fourth-order valence-electron chi connectivity index (χ4n) is 7.32. The Morgan fingerprint density at radius 2 is 1.88 bits per heavy atom. The molecule has 1 aromatic heterocycles. The number of hydrogen-bond acceptors (Lipinski definition) is 6. The van der Waals surface area contributed by atoms with E-state index < -0.39 is 5.97 Å². The first kappa shape index (κ1) is 34.5. The van der Waals surface area contributed by atoms with Gasteiger partial charge in [0.25, 0.3) is 5.91 Å². The number of carboxylic acid groups (broad SMARTS) is 1. The molecule has 3 fully saturated rings. The minimum Gasteiger partial charge on any atom is -0.481 e. The Bertz CT molecular complexity index is 1670. The van der Waals surface area contributed by atoms with Gasteiger partial charge in [-0.05, 0) is 62.8 Å². The van der Waals surface area contributed by atoms with Gasteiger partial charge < -0.3 is 29.8 Å². The minimum absolute atomic E-state index is 0.0228. The Morgan fingerprint density at radius 3 is 2.62 bits per heavy atom. The van der Waals surface area contributed by atoms with Gasteiger partial charge in [0.15, 0.2) is 0 Å². The fraction of sp³-hybridized carbons (Fsp3) is 0.472. The highest BCUT2D eigenvalue weighted by Gasteiger charge is 2.41. The molecule has 1 saturated carbocycles. The summed E-state index contributed by atoms with van der Waals surface area (Å²) in [6.45, 7) is 8.36. The largest absolute Gasteiger partial charge is 0.481 e. The van der Waals surface area contributed by atoms with Gasteiger partial charge in [-0.15, -0.1) is 6.58 Å². The number of nitrogens with zero attached hydrogens (tertiary/aromatic N) is 2. The Balaban J connectivity index is 1.14. The zero-order valence-electron chi connectivity index (χ0n) is 27.0. The van der Waals surface area contributed by atoms with Gasteiger partial charge in [0.05, 0.1) is 59.6 Å². The first-order chi connectivity index (χ1) is 23.1. The zero-order chi connectivity index (χ0) is 33.9. The van der Waals surface area contributed by atoms with Crippen LogP contribution in [0.5, 0.6) is 0 Å². The second-order valence-corrected chi connectivity index (χ2v) is 14.0. The monoisotopic (exact) mass is 696 g/mol. The highest BCUT2D eigenvalue weighted by atomic mass is 35.5. The Labute approximate surface area is 290 Å². The van der Waals surface area contributed by atoms with Gasteiger partial charge in [0.1, 0.15) is 0 Å². The van der Waals surface area contributed by atoms with E-state index in [-0.39, 0.29) is 59.6 Å². The van der Waals surface area contributed by atoms with Gasteiger partial charge in [-0.2, -0.15) is 0 Å². The lowest BCUT2D eigenvalue weighted by atomic mass is 9.87. The number of fused-ring (bicyclic) bond motifs is 1. The number of hydrogen-bond donors (Lipinski definition) is 3. The van der Waals surface area contributed by atoms with Crippen molar-refractivity contribution in [3.05, 3.63) is 76.4 Å². The summed E-state index contributed by atoms with van der Waals surface area (Å²) in [5.41, 5.74) is 2.26. The van der Waals surface area contributed by atoms with Gasteiger partial charge in [-0.1, -0.05) is 47.5 Å². The predicted molar refractivity (Wildman–Crippen MR) is 186 cm³/mol. The Hall–Kier alpha value is -3.41. The molecule has 3 aliphatic rings. The average molecular weight is 698 g/mol. The number of aromatic amines is 1. The molecule has 3 aromatic rings. The maximum Gasteiger partial charge on any atom is 0.306 e. The van der Waals surface area contributed by atoms with E-state index in [0.717, 1.165) is 23.9 Å². The van der Waals surface area contributed by atoms with Gasteiger partial charge >= 0.3 is 5.97 Å². The van der Waals surface area contributed by atoms with Crippen molar-refractivity contribution in [1.29, 1.82) is 0 Å². The number of nitrogens with one attached hydrogen (secondary N) is 2. The maximum atomic E-state index is 14.0. The van der Waals surface area contributed by atoms with Crippen molar-refractivity contribution < 1.29 is 29.0 Å². The Morgan fingerprint density at radius 1 is 1.10 bits per heavy atom. The number of rotatable bonds is 10. The molecule has 0 bridgehead atoms. The van der Waals surface area contributed by atoms with Crippen LogP contribution in [0.15, 0.2) is 55.3 Å². The van der Waals surface area contributed by atoms with Crippen LogP contribution >= 0.6 is 23.2 Å². The van der Waals surface area contributed by atoms with E-state index in [1.807, 2.05) is 42.2 Å². The number of para-hydroxylation sites is 1. The van der Waals surface area contributed by atoms with E-state index in [2.05, 4.69) is 21.8 Å². The number of carboxylic acids is 1. The minimum atomic E-state index is -0.745. The van der Waals surface area contributed by atoms with E-state index in [0.29, 0.717) is 67.2 Å². The number of halogens is 2. The van der Waals surface area contributed by atoms with Crippen LogP contribution in [-0.4, -0.2) is 94.3 Å². The third-order valence-electron chi connectivity index (χ3n) is 9.91. The topological polar surface area (TPSA) is 124 Å². The molecule has 3 N–H and O–H groups in total. The van der Waals surface area contributed by atoms with Crippen molar-refractivity contribution in [2.24, 2.45) is 5.92 Å². The number of ether oxygens (including phenoxy) is 2. The number of carbonyl (C=O) groups is 3. The van der Waals surface area contributed by atoms with E-state index in [1.165, 1.54) is 0 Å². The summed E-state index contributed by atoms with van der Waals surface area (Å²) in [5, 5.41) is 13.6. The third kappa shape index (κ3) is 7.74. The summed E-state index contributed by atoms with van der Waals surface area (Å²) >= 11 is 13.3. The Kier molecular flexibility index (Phi) is 10.8. The zero-order valence-corrected chi connectivity index (χ0v) is 28.5. The van der Waals surface area contributed by atoms with Crippen LogP contribution in [0.1, 0.15) is 54.9 Å². The number of morpholine rings is 1. The first-order valence-corrected chi connectivity index (χ1v) is 17.4. The molecule has 2 aliphatic heterocycles. The van der Waals surface area contributed by atoms with Gasteiger partial charge in [-0.25, -0.2) is 0 Å². The van der Waals surface area contributed by atoms with Crippen molar-refractivity contribution in [3.63, 3.8) is 0 Å². The summed E-state index contributed by atoms with van der Waals surface area (Å²) in [5.74, 6) is -1.47. The van der Waals surface area contributed by atoms with Gasteiger partial charge in [0, 0.05) is 47.8 Å². The number of aromatic nitrogens is 1. The van der Waals surface area contributed by atoms with E-state index in [9.17, 15) is 19.5 Å². The first-order valence-electron chi connectivity index (χ1n) is 16.6. The number of benzene rings is 2. The quantitative estimate of drug-likeness (QED) is 0.217. The van der Waals surface area contributed by atoms with Crippen molar-refractivity contribution in [2.45, 2.75) is 75.8 Å². The molecule has 0 radical (unpaired) electrons. The smallest absolute Gasteiger partial charge is 0.306 e. The summed E-state index contributed by atoms with van der Waals surface area (Å²) in [7, 11) is 0. The summed E-state index contributed by atoms with van der Waals surface area (Å²) in [6.07, 6.45) is 6.80. The average Bonchev–Trinajstić information content (AvgIpc) is 3.71. The molecule has 4 atom stereocenters. The molecule has 256 valence electrons. The normalized spacial score (nSPS) is 26.4. The third-order valence-corrected chi connectivity index (χ3v) is 10.6. The molecule has 2 saturated heterocycles. The SMILES string of the molecule is C=C[C@H]1CN([C@H]2C[C@@H](COC3CCC(C(=O)O)CC3)N(C(=O)Cc3cc(Cl)c(NC(=O)c4c[nH]c5ccccc45)cc3Cl)C2)C[C@@H](C)O1. The van der Waals surface area contributed by atoms with Crippen LogP contribution in [0.25, 0.3) is 10.9 Å². The number of aliphatic carboxylic acids is 1. The molecule has 0 spiro atoms. The van der Waals surface area contributed by atoms with Crippen LogP contribution in [0, 0.1) is 5.92 Å². The lowest BCUT2D eigenvalue weighted by Crippen LogP contribution is -2.51. The second kappa shape index (κ2) is 15.0. The summed E-state index contributed by atoms with van der Waals surface area (Å²) in [6, 6.07) is 10.7. The number of H-pyrrole nitrogens is 1. The lowest BCUT2D eigenvalue weighted by molar-refractivity contribution is -0.144. The van der Waals surface area contributed by atoms with Crippen molar-refractivity contribution >= 4 is 57.6 Å². The van der Waals surface area contributed by atoms with Crippen LogP contribution in [-0.2, 0) is 25.5 Å². The molecular weight excluding hydrogens is 655 g/mol. The number of carbonyl (C=O) groups excluding carboxylic acids is 2. The maximum absolute atomic E-state index is 14.0. The predicted octanol–water partition coefficient (Wildman–Crippen LogP) is 6.17. The van der Waals surface area contributed by atoms with Gasteiger partial charge in [-0.3, -0.25) is 19.3 Å². The molecule has 3 heterocycles. The van der Waals surface area contributed by atoms with E-state index >= 15 is 0 Å². The highest BCUT2D eigenvalue weighted by Crippen LogP contribution is 2.33. The van der Waals surface area contributed by atoms with Crippen molar-refractivity contribution in [3.8, 4) is 0 Å². The molecular formula is C36H42Cl2N4O6. The highest BCUT2D eigenvalue weighted by molar-refractivity contribution is 6.36. The lowest BCUT2D eigenvalue weighted by Gasteiger charge is -2.39. The summed E-state index contributed by atoms with van der Waals surface area (Å²) in [4.78, 5) is 45.9. The van der Waals surface area contributed by atoms with E-state index in [4.69, 9.17) is 32.7 Å². The van der Waals surface area contributed by atoms with Crippen LogP contribution in [0.4, 0.5) is 5.69 Å². The van der Waals surface area contributed by atoms with Crippen LogP contribution in [0.2, 0.25) is 10.0 Å². The molecule has 1 aliphatic carbocycles. The van der Waals surface area contributed by atoms with Crippen molar-refractivity contribution in [2.75, 3.05) is 31.6 Å².